The predicted molar refractivity (Wildman–Crippen MR) is 108 cm³/mol. The summed E-state index contributed by atoms with van der Waals surface area (Å²) in [7, 11) is 1.53. The van der Waals surface area contributed by atoms with Crippen molar-refractivity contribution in [2.45, 2.75) is 6.54 Å². The Morgan fingerprint density at radius 3 is 2.38 bits per heavy atom. The first-order chi connectivity index (χ1) is 14.0. The number of hydrogen-bond donors (Lipinski definition) is 2. The molecule has 0 fully saturated rings. The molecule has 1 heterocycles. The molecule has 0 aliphatic heterocycles. The summed E-state index contributed by atoms with van der Waals surface area (Å²) in [6, 6.07) is 18.9. The van der Waals surface area contributed by atoms with E-state index in [0.29, 0.717) is 22.6 Å². The second-order valence-electron chi connectivity index (χ2n) is 6.38. The average molecular weight is 391 g/mol. The number of carbonyl (C=O) groups is 3. The molecule has 2 aromatic carbocycles. The first kappa shape index (κ1) is 19.9. The van der Waals surface area contributed by atoms with Crippen molar-refractivity contribution in [1.29, 1.82) is 0 Å². The standard InChI is InChI=1S/C22H21N3O4/c1-25(15-20(26)23-14-17-10-7-13-29-17)22(28)18-11-5-6-12-19(18)24-21(27)16-8-3-2-4-9-16/h2-13H,14-15H2,1H3,(H,23,26)(H,24,27). The highest BCUT2D eigenvalue weighted by Gasteiger charge is 2.19. The number of amides is 3. The van der Waals surface area contributed by atoms with Gasteiger partial charge in [-0.3, -0.25) is 14.4 Å². The molecule has 29 heavy (non-hydrogen) atoms. The molecule has 3 amide bonds. The number of nitrogens with one attached hydrogen (secondary N) is 2. The molecule has 0 saturated carbocycles. The van der Waals surface area contributed by atoms with Gasteiger partial charge in [0, 0.05) is 12.6 Å². The maximum Gasteiger partial charge on any atom is 0.256 e. The van der Waals surface area contributed by atoms with E-state index in [0.717, 1.165) is 0 Å². The zero-order chi connectivity index (χ0) is 20.6. The molecule has 2 N–H and O–H groups in total. The van der Waals surface area contributed by atoms with Crippen LogP contribution in [0.15, 0.2) is 77.4 Å². The number of rotatable bonds is 7. The quantitative estimate of drug-likeness (QED) is 0.648. The number of hydrogen-bond acceptors (Lipinski definition) is 4. The summed E-state index contributed by atoms with van der Waals surface area (Å²) < 4.78 is 5.16. The molecule has 0 bridgehead atoms. The Labute approximate surface area is 168 Å². The lowest BCUT2D eigenvalue weighted by Gasteiger charge is -2.19. The average Bonchev–Trinajstić information content (AvgIpc) is 3.26. The molecule has 1 aromatic heterocycles. The fourth-order valence-corrected chi connectivity index (χ4v) is 2.71. The molecule has 0 spiro atoms. The molecular formula is C22H21N3O4. The molecule has 7 nitrogen and oxygen atoms in total. The van der Waals surface area contributed by atoms with Crippen LogP contribution in [-0.2, 0) is 11.3 Å². The summed E-state index contributed by atoms with van der Waals surface area (Å²) in [4.78, 5) is 38.7. The number of carbonyl (C=O) groups excluding carboxylic acids is 3. The van der Waals surface area contributed by atoms with Crippen molar-refractivity contribution < 1.29 is 18.8 Å². The molecule has 7 heteroatoms. The van der Waals surface area contributed by atoms with E-state index in [1.807, 2.05) is 6.07 Å². The lowest BCUT2D eigenvalue weighted by atomic mass is 10.1. The van der Waals surface area contributed by atoms with Crippen LogP contribution in [0.2, 0.25) is 0 Å². The van der Waals surface area contributed by atoms with Crippen LogP contribution in [0.3, 0.4) is 0 Å². The Hall–Kier alpha value is -3.87. The summed E-state index contributed by atoms with van der Waals surface area (Å²) >= 11 is 0. The van der Waals surface area contributed by atoms with Gasteiger partial charge in [-0.1, -0.05) is 30.3 Å². The minimum absolute atomic E-state index is 0.124. The van der Waals surface area contributed by atoms with Crippen LogP contribution in [-0.4, -0.2) is 36.2 Å². The van der Waals surface area contributed by atoms with Gasteiger partial charge in [-0.15, -0.1) is 0 Å². The van der Waals surface area contributed by atoms with E-state index in [2.05, 4.69) is 10.6 Å². The largest absolute Gasteiger partial charge is 0.467 e. The Bertz CT molecular complexity index is 984. The first-order valence-corrected chi connectivity index (χ1v) is 9.04. The third kappa shape index (κ3) is 5.32. The monoisotopic (exact) mass is 391 g/mol. The molecule has 148 valence electrons. The summed E-state index contributed by atoms with van der Waals surface area (Å²) in [5.41, 5.74) is 1.17. The van der Waals surface area contributed by atoms with Crippen LogP contribution in [0.4, 0.5) is 5.69 Å². The van der Waals surface area contributed by atoms with Gasteiger partial charge in [0.25, 0.3) is 11.8 Å². The van der Waals surface area contributed by atoms with Crippen molar-refractivity contribution in [2.75, 3.05) is 18.9 Å². The lowest BCUT2D eigenvalue weighted by Crippen LogP contribution is -2.38. The normalized spacial score (nSPS) is 10.2. The highest BCUT2D eigenvalue weighted by molar-refractivity contribution is 6.09. The first-order valence-electron chi connectivity index (χ1n) is 9.04. The maximum atomic E-state index is 12.8. The molecule has 3 aromatic rings. The number of nitrogens with zero attached hydrogens (tertiary/aromatic N) is 1. The van der Waals surface area contributed by atoms with Crippen LogP contribution >= 0.6 is 0 Å². The third-order valence-corrected chi connectivity index (χ3v) is 4.21. The Kier molecular flexibility index (Phi) is 6.42. The van der Waals surface area contributed by atoms with Gasteiger partial charge in [-0.25, -0.2) is 0 Å². The summed E-state index contributed by atoms with van der Waals surface area (Å²) in [5, 5.41) is 5.45. The minimum Gasteiger partial charge on any atom is -0.467 e. The highest BCUT2D eigenvalue weighted by Crippen LogP contribution is 2.18. The number of para-hydroxylation sites is 1. The molecule has 0 aliphatic rings. The van der Waals surface area contributed by atoms with Crippen molar-refractivity contribution in [3.05, 3.63) is 89.9 Å². The summed E-state index contributed by atoms with van der Waals surface area (Å²) in [6.07, 6.45) is 1.53. The van der Waals surface area contributed by atoms with Crippen LogP contribution in [0, 0.1) is 0 Å². The second-order valence-corrected chi connectivity index (χ2v) is 6.38. The van der Waals surface area contributed by atoms with E-state index in [1.54, 1.807) is 60.7 Å². The van der Waals surface area contributed by atoms with Crippen LogP contribution < -0.4 is 10.6 Å². The number of anilines is 1. The van der Waals surface area contributed by atoms with Gasteiger partial charge in [0.2, 0.25) is 5.91 Å². The van der Waals surface area contributed by atoms with Gasteiger partial charge in [0.05, 0.1) is 30.6 Å². The molecule has 0 aliphatic carbocycles. The predicted octanol–water partition coefficient (Wildman–Crippen LogP) is 2.92. The third-order valence-electron chi connectivity index (χ3n) is 4.21. The van der Waals surface area contributed by atoms with Gasteiger partial charge in [0.1, 0.15) is 5.76 Å². The maximum absolute atomic E-state index is 12.8. The van der Waals surface area contributed by atoms with E-state index < -0.39 is 0 Å². The Morgan fingerprint density at radius 1 is 0.931 bits per heavy atom. The molecular weight excluding hydrogens is 370 g/mol. The highest BCUT2D eigenvalue weighted by atomic mass is 16.3. The Balaban J connectivity index is 1.64. The van der Waals surface area contributed by atoms with Gasteiger partial charge in [-0.05, 0) is 36.4 Å². The van der Waals surface area contributed by atoms with Crippen molar-refractivity contribution >= 4 is 23.4 Å². The van der Waals surface area contributed by atoms with Crippen LogP contribution in [0.1, 0.15) is 26.5 Å². The van der Waals surface area contributed by atoms with E-state index in [1.165, 1.54) is 18.2 Å². The van der Waals surface area contributed by atoms with Gasteiger partial charge in [-0.2, -0.15) is 0 Å². The number of likely N-dealkylation sites (N-methyl/N-ethyl adjacent to an activating group) is 1. The molecule has 0 radical (unpaired) electrons. The van der Waals surface area contributed by atoms with E-state index in [9.17, 15) is 14.4 Å². The zero-order valence-corrected chi connectivity index (χ0v) is 15.9. The molecule has 0 atom stereocenters. The molecule has 3 rings (SSSR count). The second kappa shape index (κ2) is 9.36. The molecule has 0 saturated heterocycles. The minimum atomic E-state index is -0.373. The van der Waals surface area contributed by atoms with E-state index in [4.69, 9.17) is 4.42 Å². The van der Waals surface area contributed by atoms with Gasteiger partial charge >= 0.3 is 0 Å². The van der Waals surface area contributed by atoms with Gasteiger partial charge in [0.15, 0.2) is 0 Å². The zero-order valence-electron chi connectivity index (χ0n) is 15.9. The van der Waals surface area contributed by atoms with Crippen molar-refractivity contribution in [2.24, 2.45) is 0 Å². The van der Waals surface area contributed by atoms with Crippen molar-refractivity contribution in [3.63, 3.8) is 0 Å². The number of benzene rings is 2. The fraction of sp³-hybridized carbons (Fsp3) is 0.136. The Morgan fingerprint density at radius 2 is 1.66 bits per heavy atom. The fourth-order valence-electron chi connectivity index (χ4n) is 2.71. The number of furan rings is 1. The topological polar surface area (TPSA) is 91.7 Å². The summed E-state index contributed by atoms with van der Waals surface area (Å²) in [6.45, 7) is 0.123. The van der Waals surface area contributed by atoms with Crippen molar-refractivity contribution in [1.82, 2.24) is 10.2 Å². The SMILES string of the molecule is CN(CC(=O)NCc1ccco1)C(=O)c1ccccc1NC(=O)c1ccccc1. The van der Waals surface area contributed by atoms with Gasteiger partial charge < -0.3 is 20.0 Å². The lowest BCUT2D eigenvalue weighted by molar-refractivity contribution is -0.121. The van der Waals surface area contributed by atoms with E-state index in [-0.39, 0.29) is 30.8 Å². The van der Waals surface area contributed by atoms with Crippen molar-refractivity contribution in [3.8, 4) is 0 Å². The van der Waals surface area contributed by atoms with E-state index >= 15 is 0 Å². The van der Waals surface area contributed by atoms with Crippen LogP contribution in [0.25, 0.3) is 0 Å². The summed E-state index contributed by atoms with van der Waals surface area (Å²) in [5.74, 6) is -0.379. The van der Waals surface area contributed by atoms with Crippen LogP contribution in [0.5, 0.6) is 0 Å². The smallest absolute Gasteiger partial charge is 0.256 e. The molecule has 0 unspecified atom stereocenters.